The second kappa shape index (κ2) is 62.4. The fourth-order valence-corrected chi connectivity index (χ4v) is 10.2. The molecule has 0 aromatic heterocycles. The van der Waals surface area contributed by atoms with Crippen molar-refractivity contribution in [2.45, 2.75) is 296 Å². The minimum absolute atomic E-state index is 0.00540. The summed E-state index contributed by atoms with van der Waals surface area (Å²) in [5, 5.41) is 14.1. The van der Waals surface area contributed by atoms with Crippen LogP contribution in [0.15, 0.2) is 122 Å². The van der Waals surface area contributed by atoms with Gasteiger partial charge in [-0.1, -0.05) is 309 Å². The van der Waals surface area contributed by atoms with Gasteiger partial charge in [-0.15, -0.1) is 0 Å². The van der Waals surface area contributed by atoms with E-state index in [1.165, 1.54) is 148 Å². The zero-order chi connectivity index (χ0) is 59.8. The van der Waals surface area contributed by atoms with Gasteiger partial charge in [-0.25, -0.2) is 0 Å². The molecule has 0 aliphatic rings. The van der Waals surface area contributed by atoms with Gasteiger partial charge in [-0.05, 0) is 89.9 Å². The summed E-state index contributed by atoms with van der Waals surface area (Å²) in [4.78, 5) is 25.6. The van der Waals surface area contributed by atoms with Gasteiger partial charge in [0.2, 0.25) is 5.91 Å². The Morgan fingerprint density at radius 1 is 0.439 bits per heavy atom. The van der Waals surface area contributed by atoms with Gasteiger partial charge in [-0.2, -0.15) is 0 Å². The molecule has 0 aromatic rings. The first-order chi connectivity index (χ1) is 40.0. The van der Waals surface area contributed by atoms with Gasteiger partial charge in [0, 0.05) is 6.42 Å². The van der Waals surface area contributed by atoms with Crippen molar-refractivity contribution in [1.82, 2.24) is 5.32 Å². The number of aliphatic hydroxyl groups is 1. The Hall–Kier alpha value is -3.10. The van der Waals surface area contributed by atoms with E-state index in [4.69, 9.17) is 9.05 Å². The number of aliphatic hydroxyl groups excluding tert-OH is 1. The number of hydrogen-bond donors (Lipinski definition) is 2. The predicted molar refractivity (Wildman–Crippen MR) is 357 cm³/mol. The van der Waals surface area contributed by atoms with Gasteiger partial charge < -0.3 is 28.8 Å². The van der Waals surface area contributed by atoms with Crippen molar-refractivity contribution in [3.63, 3.8) is 0 Å². The molecule has 0 saturated heterocycles. The Balaban J connectivity index is 4.12. The average molecular weight is 1160 g/mol. The third-order valence-electron chi connectivity index (χ3n) is 14.7. The molecule has 0 bridgehead atoms. The normalized spacial score (nSPS) is 14.5. The number of nitrogens with zero attached hydrogens (tertiary/aromatic N) is 1. The molecular weight excluding hydrogens is 1030 g/mol. The number of rotatable bonds is 61. The number of allylic oxidation sites excluding steroid dienone is 20. The molecule has 0 spiro atoms. The van der Waals surface area contributed by atoms with E-state index in [9.17, 15) is 19.4 Å². The van der Waals surface area contributed by atoms with Crippen molar-refractivity contribution in [2.24, 2.45) is 0 Å². The quantitative estimate of drug-likeness (QED) is 0.0272. The summed E-state index contributed by atoms with van der Waals surface area (Å²) in [6, 6.07) is -0.815. The number of unbranched alkanes of at least 4 members (excludes halogenated alkanes) is 28. The largest absolute Gasteiger partial charge is 0.756 e. The van der Waals surface area contributed by atoms with E-state index in [1.54, 1.807) is 0 Å². The molecule has 8 nitrogen and oxygen atoms in total. The third kappa shape index (κ3) is 64.5. The summed E-state index contributed by atoms with van der Waals surface area (Å²) in [6.45, 7) is 4.62. The molecule has 0 aliphatic heterocycles. The predicted octanol–water partition coefficient (Wildman–Crippen LogP) is 21.0. The Morgan fingerprint density at radius 3 is 1.09 bits per heavy atom. The molecule has 82 heavy (non-hydrogen) atoms. The van der Waals surface area contributed by atoms with Crippen LogP contribution in [0.25, 0.3) is 0 Å². The van der Waals surface area contributed by atoms with Crippen LogP contribution in [-0.2, 0) is 18.4 Å². The van der Waals surface area contributed by atoms with Crippen LogP contribution in [0.2, 0.25) is 0 Å². The summed E-state index contributed by atoms with van der Waals surface area (Å²) in [6.07, 6.45) is 92.5. The molecule has 0 aliphatic carbocycles. The second-order valence-electron chi connectivity index (χ2n) is 23.8. The smallest absolute Gasteiger partial charge is 0.268 e. The molecule has 3 unspecified atom stereocenters. The second-order valence-corrected chi connectivity index (χ2v) is 25.2. The number of phosphoric acid groups is 1. The van der Waals surface area contributed by atoms with Crippen molar-refractivity contribution < 1.29 is 32.9 Å². The molecule has 0 rings (SSSR count). The van der Waals surface area contributed by atoms with Crippen LogP contribution in [0.5, 0.6) is 0 Å². The van der Waals surface area contributed by atoms with Crippen molar-refractivity contribution in [2.75, 3.05) is 40.9 Å². The van der Waals surface area contributed by atoms with Gasteiger partial charge in [-0.3, -0.25) is 9.36 Å². The number of hydrogen-bond acceptors (Lipinski definition) is 6. The van der Waals surface area contributed by atoms with Crippen LogP contribution in [-0.4, -0.2) is 68.5 Å². The zero-order valence-corrected chi connectivity index (χ0v) is 54.8. The van der Waals surface area contributed by atoms with Crippen LogP contribution in [0.4, 0.5) is 0 Å². The summed E-state index contributed by atoms with van der Waals surface area (Å²) < 4.78 is 23.5. The molecule has 1 amide bonds. The fraction of sp³-hybridized carbons (Fsp3) is 0.712. The first-order valence-electron chi connectivity index (χ1n) is 33.9. The van der Waals surface area contributed by atoms with E-state index < -0.39 is 20.0 Å². The maximum Gasteiger partial charge on any atom is 0.268 e. The van der Waals surface area contributed by atoms with Gasteiger partial charge in [0.25, 0.3) is 7.82 Å². The molecule has 3 atom stereocenters. The van der Waals surface area contributed by atoms with Crippen LogP contribution >= 0.6 is 7.82 Å². The first-order valence-corrected chi connectivity index (χ1v) is 35.3. The molecular formula is C73H129N2O6P. The molecule has 0 heterocycles. The molecule has 2 N–H and O–H groups in total. The number of carbonyl (C=O) groups is 1. The highest BCUT2D eigenvalue weighted by atomic mass is 31.2. The number of quaternary nitrogens is 1. The van der Waals surface area contributed by atoms with Gasteiger partial charge in [0.15, 0.2) is 0 Å². The molecule has 0 aromatic carbocycles. The Kier molecular flexibility index (Phi) is 60.1. The highest BCUT2D eigenvalue weighted by Gasteiger charge is 2.24. The highest BCUT2D eigenvalue weighted by Crippen LogP contribution is 2.38. The maximum atomic E-state index is 13.0. The Bertz CT molecular complexity index is 1750. The lowest BCUT2D eigenvalue weighted by atomic mass is 10.0. The number of likely N-dealkylation sites (N-methyl/N-ethyl adjacent to an activating group) is 1. The lowest BCUT2D eigenvalue weighted by molar-refractivity contribution is -0.870. The summed E-state index contributed by atoms with van der Waals surface area (Å²) in [7, 11) is 1.29. The van der Waals surface area contributed by atoms with E-state index >= 15 is 0 Å². The minimum Gasteiger partial charge on any atom is -0.756 e. The summed E-state index contributed by atoms with van der Waals surface area (Å²) >= 11 is 0. The van der Waals surface area contributed by atoms with Gasteiger partial charge in [0.05, 0.1) is 39.9 Å². The number of amides is 1. The van der Waals surface area contributed by atoms with Crippen molar-refractivity contribution >= 4 is 13.7 Å². The topological polar surface area (TPSA) is 108 Å². The molecule has 0 fully saturated rings. The molecule has 0 saturated carbocycles. The minimum atomic E-state index is -4.59. The fourth-order valence-electron chi connectivity index (χ4n) is 9.48. The van der Waals surface area contributed by atoms with E-state index in [-0.39, 0.29) is 19.1 Å². The standard InChI is InChI=1S/C73H129N2O6P/c1-6-8-10-12-14-16-18-20-22-24-26-28-29-30-31-32-33-34-35-36-37-38-39-40-41-42-43-44-45-47-49-51-53-55-57-59-61-63-65-67-73(77)74-71(70-81-82(78,79)80-69-68-75(3,4)5)72(76)66-64-62-60-58-56-54-52-50-48-46-27-25-23-21-19-17-15-13-11-9-7-2/h8,10,14,16,20,22,26,28,30-31,33-34,36-37,39-40,42-43,45,47,71-72,76H,6-7,9,11-13,15,17-19,21,23-25,27,29,32,35,38,41,44,46,48-70H2,1-5H3,(H-,74,77,78,79)/b10-8-,16-14-,22-20-,28-26-,31-30-,34-33-,37-36-,40-39-,43-42-,47-45-. The first kappa shape index (κ1) is 78.9. The lowest BCUT2D eigenvalue weighted by Crippen LogP contribution is -2.46. The lowest BCUT2D eigenvalue weighted by Gasteiger charge is -2.30. The zero-order valence-electron chi connectivity index (χ0n) is 53.9. The van der Waals surface area contributed by atoms with Crippen molar-refractivity contribution in [3.8, 4) is 0 Å². The molecule has 9 heteroatoms. The SMILES string of the molecule is CC/C=C\C/C=C\C/C=C\C/C=C\C/C=C\C/C=C\C/C=C\C/C=C\C/C=C\C/C=C\CCCCCCCCCCC(=O)NC(COP(=O)([O-])OCC[N+](C)(C)C)C(O)CCCCCCCCCCCCCCCCCCCCCCC. The molecule has 472 valence electrons. The van der Waals surface area contributed by atoms with Gasteiger partial charge >= 0.3 is 0 Å². The van der Waals surface area contributed by atoms with Crippen LogP contribution in [0, 0.1) is 0 Å². The highest BCUT2D eigenvalue weighted by molar-refractivity contribution is 7.45. The summed E-state index contributed by atoms with van der Waals surface area (Å²) in [5.41, 5.74) is 0. The summed E-state index contributed by atoms with van der Waals surface area (Å²) in [5.74, 6) is -0.175. The van der Waals surface area contributed by atoms with E-state index in [1.807, 2.05) is 21.1 Å². The number of nitrogens with one attached hydrogen (secondary N) is 1. The van der Waals surface area contributed by atoms with Crippen molar-refractivity contribution in [1.29, 1.82) is 0 Å². The molecule has 0 radical (unpaired) electrons. The van der Waals surface area contributed by atoms with Crippen molar-refractivity contribution in [3.05, 3.63) is 122 Å². The van der Waals surface area contributed by atoms with Crippen LogP contribution < -0.4 is 10.2 Å². The van der Waals surface area contributed by atoms with E-state index in [0.717, 1.165) is 109 Å². The monoisotopic (exact) mass is 1160 g/mol. The number of carbonyl (C=O) groups excluding carboxylic acids is 1. The number of phosphoric ester groups is 1. The van der Waals surface area contributed by atoms with Gasteiger partial charge in [0.1, 0.15) is 13.2 Å². The maximum absolute atomic E-state index is 13.0. The van der Waals surface area contributed by atoms with E-state index in [2.05, 4.69) is 141 Å². The van der Waals surface area contributed by atoms with E-state index in [0.29, 0.717) is 23.9 Å². The Morgan fingerprint density at radius 2 is 0.744 bits per heavy atom. The average Bonchev–Trinajstić information content (AvgIpc) is 3.46. The third-order valence-corrected chi connectivity index (χ3v) is 15.7. The Labute approximate surface area is 507 Å². The van der Waals surface area contributed by atoms with Crippen LogP contribution in [0.1, 0.15) is 284 Å². The van der Waals surface area contributed by atoms with Crippen LogP contribution in [0.3, 0.4) is 0 Å².